The van der Waals surface area contributed by atoms with Crippen molar-refractivity contribution in [3.05, 3.63) is 59.1 Å². The minimum Gasteiger partial charge on any atom is -0.495 e. The van der Waals surface area contributed by atoms with Gasteiger partial charge in [0.15, 0.2) is 0 Å². The first kappa shape index (κ1) is 20.7. The van der Waals surface area contributed by atoms with Gasteiger partial charge in [0.05, 0.1) is 25.9 Å². The third kappa shape index (κ3) is 6.92. The molecule has 2 N–H and O–H groups in total. The minimum atomic E-state index is -0.205. The maximum Gasteiger partial charge on any atom is 0.238 e. The first-order valence-electron chi connectivity index (χ1n) is 8.68. The van der Waals surface area contributed by atoms with E-state index in [2.05, 4.69) is 10.6 Å². The number of ether oxygens (including phenoxy) is 1. The molecule has 0 aliphatic carbocycles. The molecule has 2 rings (SSSR count). The second kappa shape index (κ2) is 10.5. The van der Waals surface area contributed by atoms with Crippen LogP contribution in [0.4, 0.5) is 5.69 Å². The van der Waals surface area contributed by atoms with E-state index in [9.17, 15) is 9.59 Å². The van der Waals surface area contributed by atoms with E-state index in [1.54, 1.807) is 36.3 Å². The summed E-state index contributed by atoms with van der Waals surface area (Å²) >= 11 is 5.94. The molecule has 0 radical (unpaired) electrons. The van der Waals surface area contributed by atoms with E-state index in [1.165, 1.54) is 0 Å². The number of likely N-dealkylation sites (N-methyl/N-ethyl adjacent to an activating group) is 1. The van der Waals surface area contributed by atoms with Crippen molar-refractivity contribution in [3.63, 3.8) is 0 Å². The number of halogens is 1. The van der Waals surface area contributed by atoms with Gasteiger partial charge >= 0.3 is 0 Å². The Morgan fingerprint density at radius 2 is 1.81 bits per heavy atom. The number of nitrogens with one attached hydrogen (secondary N) is 2. The van der Waals surface area contributed by atoms with Crippen LogP contribution < -0.4 is 15.4 Å². The lowest BCUT2D eigenvalue weighted by molar-refractivity contribution is -0.123. The summed E-state index contributed by atoms with van der Waals surface area (Å²) in [6, 6.07) is 14.5. The number of para-hydroxylation sites is 2. The van der Waals surface area contributed by atoms with Crippen molar-refractivity contribution >= 4 is 29.1 Å². The van der Waals surface area contributed by atoms with Crippen LogP contribution in [0.5, 0.6) is 5.75 Å². The summed E-state index contributed by atoms with van der Waals surface area (Å²) in [4.78, 5) is 26.2. The van der Waals surface area contributed by atoms with Gasteiger partial charge in [-0.05, 0) is 36.4 Å². The fourth-order valence-corrected chi connectivity index (χ4v) is 2.74. The number of rotatable bonds is 9. The largest absolute Gasteiger partial charge is 0.495 e. The van der Waals surface area contributed by atoms with E-state index in [1.807, 2.05) is 31.2 Å². The number of nitrogens with zero attached hydrogens (tertiary/aromatic N) is 1. The molecule has 0 unspecified atom stereocenters. The van der Waals surface area contributed by atoms with Gasteiger partial charge in [-0.1, -0.05) is 42.8 Å². The van der Waals surface area contributed by atoms with Crippen molar-refractivity contribution in [2.24, 2.45) is 0 Å². The highest BCUT2D eigenvalue weighted by Gasteiger charge is 2.14. The van der Waals surface area contributed by atoms with Crippen LogP contribution in [0, 0.1) is 0 Å². The van der Waals surface area contributed by atoms with Crippen molar-refractivity contribution in [1.82, 2.24) is 10.2 Å². The van der Waals surface area contributed by atoms with Gasteiger partial charge in [-0.25, -0.2) is 0 Å². The second-order valence-corrected chi connectivity index (χ2v) is 6.39. The average Bonchev–Trinajstić information content (AvgIpc) is 2.66. The van der Waals surface area contributed by atoms with Crippen LogP contribution in [0.15, 0.2) is 48.5 Å². The molecule has 0 saturated heterocycles. The van der Waals surface area contributed by atoms with Crippen LogP contribution >= 0.6 is 11.6 Å². The number of benzene rings is 2. The lowest BCUT2D eigenvalue weighted by atomic mass is 10.2. The molecular weight excluding hydrogens is 366 g/mol. The predicted octanol–water partition coefficient (Wildman–Crippen LogP) is 2.93. The van der Waals surface area contributed by atoms with Gasteiger partial charge in [0, 0.05) is 11.6 Å². The molecule has 2 aromatic rings. The molecule has 144 valence electrons. The topological polar surface area (TPSA) is 70.7 Å². The van der Waals surface area contributed by atoms with Gasteiger partial charge in [0.25, 0.3) is 0 Å². The quantitative estimate of drug-likeness (QED) is 0.691. The molecule has 2 aromatic carbocycles. The molecule has 0 atom stereocenters. The third-order valence-electron chi connectivity index (χ3n) is 3.94. The predicted molar refractivity (Wildman–Crippen MR) is 107 cm³/mol. The summed E-state index contributed by atoms with van der Waals surface area (Å²) in [6.07, 6.45) is 0. The van der Waals surface area contributed by atoms with E-state index in [-0.39, 0.29) is 24.9 Å². The number of methoxy groups -OCH3 is 1. The minimum absolute atomic E-state index is 0.110. The van der Waals surface area contributed by atoms with E-state index < -0.39 is 0 Å². The number of amides is 2. The first-order valence-corrected chi connectivity index (χ1v) is 9.06. The maximum atomic E-state index is 12.3. The second-order valence-electron chi connectivity index (χ2n) is 5.96. The Kier molecular flexibility index (Phi) is 8.10. The zero-order valence-electron chi connectivity index (χ0n) is 15.5. The summed E-state index contributed by atoms with van der Waals surface area (Å²) in [6.45, 7) is 3.12. The Hall–Kier alpha value is -2.57. The highest BCUT2D eigenvalue weighted by molar-refractivity contribution is 6.30. The van der Waals surface area contributed by atoms with Crippen LogP contribution in [-0.2, 0) is 16.1 Å². The maximum absolute atomic E-state index is 12.3. The lowest BCUT2D eigenvalue weighted by Gasteiger charge is -2.20. The molecule has 0 aromatic heterocycles. The Morgan fingerprint density at radius 3 is 2.52 bits per heavy atom. The zero-order valence-corrected chi connectivity index (χ0v) is 16.3. The molecular formula is C20H24ClN3O3. The smallest absolute Gasteiger partial charge is 0.238 e. The SMILES string of the molecule is CCN(CC(=O)NCc1cccc(Cl)c1)CC(=O)Nc1ccccc1OC. The van der Waals surface area contributed by atoms with Crippen molar-refractivity contribution < 1.29 is 14.3 Å². The van der Waals surface area contributed by atoms with Gasteiger partial charge in [-0.15, -0.1) is 0 Å². The van der Waals surface area contributed by atoms with Crippen molar-refractivity contribution in [1.29, 1.82) is 0 Å². The molecule has 0 aliphatic rings. The molecule has 0 bridgehead atoms. The summed E-state index contributed by atoms with van der Waals surface area (Å²) in [5.41, 5.74) is 1.53. The molecule has 0 aliphatic heterocycles. The van der Waals surface area contributed by atoms with Crippen LogP contribution in [0.1, 0.15) is 12.5 Å². The average molecular weight is 390 g/mol. The number of anilines is 1. The Balaban J connectivity index is 1.83. The number of carbonyl (C=O) groups excluding carboxylic acids is 2. The van der Waals surface area contributed by atoms with Gasteiger partial charge in [-0.2, -0.15) is 0 Å². The van der Waals surface area contributed by atoms with E-state index in [4.69, 9.17) is 16.3 Å². The Morgan fingerprint density at radius 1 is 1.07 bits per heavy atom. The standard InChI is InChI=1S/C20H24ClN3O3/c1-3-24(13-19(25)22-12-15-7-6-8-16(21)11-15)14-20(26)23-17-9-4-5-10-18(17)27-2/h4-11H,3,12-14H2,1-2H3,(H,22,25)(H,23,26). The van der Waals surface area contributed by atoms with Crippen molar-refractivity contribution in [2.45, 2.75) is 13.5 Å². The lowest BCUT2D eigenvalue weighted by Crippen LogP contribution is -2.40. The highest BCUT2D eigenvalue weighted by atomic mass is 35.5. The van der Waals surface area contributed by atoms with Crippen molar-refractivity contribution in [3.8, 4) is 5.75 Å². The van der Waals surface area contributed by atoms with Gasteiger partial charge < -0.3 is 15.4 Å². The molecule has 2 amide bonds. The van der Waals surface area contributed by atoms with Crippen LogP contribution in [0.3, 0.4) is 0 Å². The molecule has 7 heteroatoms. The molecule has 6 nitrogen and oxygen atoms in total. The van der Waals surface area contributed by atoms with Gasteiger partial charge in [0.1, 0.15) is 5.75 Å². The van der Waals surface area contributed by atoms with Crippen molar-refractivity contribution in [2.75, 3.05) is 32.1 Å². The van der Waals surface area contributed by atoms with Gasteiger partial charge in [0.2, 0.25) is 11.8 Å². The Bertz CT molecular complexity index is 783. The van der Waals surface area contributed by atoms with E-state index in [0.717, 1.165) is 5.56 Å². The van der Waals surface area contributed by atoms with Gasteiger partial charge in [-0.3, -0.25) is 14.5 Å². The normalized spacial score (nSPS) is 10.5. The first-order chi connectivity index (χ1) is 13.0. The zero-order chi connectivity index (χ0) is 19.6. The molecule has 0 saturated carbocycles. The van der Waals surface area contributed by atoms with Crippen LogP contribution in [0.25, 0.3) is 0 Å². The van der Waals surface area contributed by atoms with Crippen LogP contribution in [0.2, 0.25) is 5.02 Å². The molecule has 0 spiro atoms. The highest BCUT2D eigenvalue weighted by Crippen LogP contribution is 2.22. The molecule has 0 heterocycles. The summed E-state index contributed by atoms with van der Waals surface area (Å²) < 4.78 is 5.22. The Labute approximate surface area is 164 Å². The number of hydrogen-bond acceptors (Lipinski definition) is 4. The molecule has 27 heavy (non-hydrogen) atoms. The fraction of sp³-hybridized carbons (Fsp3) is 0.300. The van der Waals surface area contributed by atoms with Crippen LogP contribution in [-0.4, -0.2) is 43.5 Å². The summed E-state index contributed by atoms with van der Waals surface area (Å²) in [5.74, 6) is 0.235. The fourth-order valence-electron chi connectivity index (χ4n) is 2.53. The molecule has 0 fully saturated rings. The summed E-state index contributed by atoms with van der Waals surface area (Å²) in [7, 11) is 1.55. The number of hydrogen-bond donors (Lipinski definition) is 2. The van der Waals surface area contributed by atoms with E-state index in [0.29, 0.717) is 29.5 Å². The summed E-state index contributed by atoms with van der Waals surface area (Å²) in [5, 5.41) is 6.28. The number of carbonyl (C=O) groups is 2. The third-order valence-corrected chi connectivity index (χ3v) is 4.18. The monoisotopic (exact) mass is 389 g/mol. The van der Waals surface area contributed by atoms with E-state index >= 15 is 0 Å².